The molecule has 0 aliphatic rings. The molecule has 26 heavy (non-hydrogen) atoms. The number of rotatable bonds is 6. The molecule has 0 amide bonds. The molecule has 0 N–H and O–H groups in total. The van der Waals surface area contributed by atoms with Gasteiger partial charge in [0.05, 0.1) is 25.6 Å². The molecule has 3 aromatic rings. The van der Waals surface area contributed by atoms with E-state index in [9.17, 15) is 0 Å². The van der Waals surface area contributed by atoms with Gasteiger partial charge in [0.2, 0.25) is 4.80 Å². The lowest BCUT2D eigenvalue weighted by Gasteiger charge is -2.08. The summed E-state index contributed by atoms with van der Waals surface area (Å²) in [6, 6.07) is 12.1. The molecular weight excluding hydrogens is 362 g/mol. The average Bonchev–Trinajstić information content (AvgIpc) is 3.23. The van der Waals surface area contributed by atoms with Gasteiger partial charge in [-0.3, -0.25) is 4.99 Å². The van der Waals surface area contributed by atoms with Crippen molar-refractivity contribution >= 4 is 28.9 Å². The van der Waals surface area contributed by atoms with Gasteiger partial charge in [0, 0.05) is 20.7 Å². The van der Waals surface area contributed by atoms with Crippen molar-refractivity contribution in [3.8, 4) is 17.0 Å². The maximum atomic E-state index is 5.53. The molecule has 0 unspecified atom stereocenters. The number of thiophene rings is 1. The lowest BCUT2D eigenvalue weighted by molar-refractivity contribution is 0.416. The number of nitrogens with zero attached hydrogens (tertiary/aromatic N) is 3. The predicted molar refractivity (Wildman–Crippen MR) is 112 cm³/mol. The summed E-state index contributed by atoms with van der Waals surface area (Å²) in [7, 11) is 1.68. The zero-order chi connectivity index (χ0) is 18.5. The summed E-state index contributed by atoms with van der Waals surface area (Å²) >= 11 is 3.28. The van der Waals surface area contributed by atoms with Crippen molar-refractivity contribution in [1.29, 1.82) is 0 Å². The topological polar surface area (TPSA) is 38.9 Å². The van der Waals surface area contributed by atoms with Gasteiger partial charge in [-0.1, -0.05) is 24.3 Å². The first kappa shape index (κ1) is 18.4. The number of hydrogen-bond donors (Lipinski definition) is 0. The van der Waals surface area contributed by atoms with E-state index < -0.39 is 0 Å². The van der Waals surface area contributed by atoms with Crippen LogP contribution in [-0.4, -0.2) is 24.5 Å². The molecule has 0 fully saturated rings. The summed E-state index contributed by atoms with van der Waals surface area (Å²) in [5.41, 5.74) is 2.96. The second kappa shape index (κ2) is 8.29. The molecule has 1 aromatic carbocycles. The van der Waals surface area contributed by atoms with E-state index >= 15 is 0 Å². The number of benzene rings is 1. The van der Waals surface area contributed by atoms with Gasteiger partial charge in [-0.05, 0) is 38.1 Å². The van der Waals surface area contributed by atoms with Crippen molar-refractivity contribution in [2.24, 2.45) is 10.1 Å². The Balaban J connectivity index is 2.11. The second-order valence-electron chi connectivity index (χ2n) is 5.88. The molecule has 6 heteroatoms. The third-order valence-corrected chi connectivity index (χ3v) is 5.40. The molecular formula is C20H21N3OS2. The summed E-state index contributed by atoms with van der Waals surface area (Å²) in [6.07, 6.45) is 1.88. The van der Waals surface area contributed by atoms with Crippen LogP contribution in [0.15, 0.2) is 64.0 Å². The standard InChI is InChI=1S/C20H21N3OS2/c1-14(2)11-21-20-23(22-12-16-10-9-15(3)26-16)18(13-25-20)17-7-5-6-8-19(17)24-4/h5-10,12-13H,1,11H2,2-4H3. The third kappa shape index (κ3) is 4.20. The van der Waals surface area contributed by atoms with E-state index in [1.807, 2.05) is 42.1 Å². The highest BCUT2D eigenvalue weighted by Gasteiger charge is 2.12. The Bertz CT molecular complexity index is 1010. The van der Waals surface area contributed by atoms with Crippen molar-refractivity contribution in [2.75, 3.05) is 13.7 Å². The smallest absolute Gasteiger partial charge is 0.206 e. The van der Waals surface area contributed by atoms with E-state index in [0.29, 0.717) is 6.54 Å². The highest BCUT2D eigenvalue weighted by Crippen LogP contribution is 2.30. The van der Waals surface area contributed by atoms with Crippen molar-refractivity contribution in [3.63, 3.8) is 0 Å². The minimum atomic E-state index is 0.583. The Morgan fingerprint density at radius 1 is 1.27 bits per heavy atom. The zero-order valence-corrected chi connectivity index (χ0v) is 16.7. The van der Waals surface area contributed by atoms with Gasteiger partial charge in [0.1, 0.15) is 5.75 Å². The molecule has 2 heterocycles. The highest BCUT2D eigenvalue weighted by atomic mass is 32.1. The summed E-state index contributed by atoms with van der Waals surface area (Å²) in [6.45, 7) is 8.58. The number of methoxy groups -OCH3 is 1. The molecule has 0 radical (unpaired) electrons. The van der Waals surface area contributed by atoms with E-state index in [0.717, 1.165) is 32.3 Å². The lowest BCUT2D eigenvalue weighted by atomic mass is 10.1. The van der Waals surface area contributed by atoms with Crippen LogP contribution in [0, 0.1) is 6.92 Å². The van der Waals surface area contributed by atoms with E-state index in [4.69, 9.17) is 9.84 Å². The van der Waals surface area contributed by atoms with Crippen LogP contribution in [0.2, 0.25) is 0 Å². The van der Waals surface area contributed by atoms with Crippen LogP contribution in [0.5, 0.6) is 5.75 Å². The Morgan fingerprint density at radius 2 is 2.08 bits per heavy atom. The first-order chi connectivity index (χ1) is 12.6. The summed E-state index contributed by atoms with van der Waals surface area (Å²) in [4.78, 5) is 7.86. The molecule has 0 spiro atoms. The minimum absolute atomic E-state index is 0.583. The Morgan fingerprint density at radius 3 is 2.77 bits per heavy atom. The van der Waals surface area contributed by atoms with E-state index in [-0.39, 0.29) is 0 Å². The van der Waals surface area contributed by atoms with E-state index in [1.54, 1.807) is 29.8 Å². The fourth-order valence-corrected chi connectivity index (χ4v) is 3.97. The zero-order valence-electron chi connectivity index (χ0n) is 15.1. The van der Waals surface area contributed by atoms with E-state index in [1.165, 1.54) is 4.88 Å². The number of hydrogen-bond acceptors (Lipinski definition) is 5. The van der Waals surface area contributed by atoms with Gasteiger partial charge in [0.25, 0.3) is 0 Å². The fourth-order valence-electron chi connectivity index (χ4n) is 2.40. The van der Waals surface area contributed by atoms with Crippen LogP contribution >= 0.6 is 22.7 Å². The van der Waals surface area contributed by atoms with Gasteiger partial charge >= 0.3 is 0 Å². The first-order valence-electron chi connectivity index (χ1n) is 8.18. The van der Waals surface area contributed by atoms with Crippen LogP contribution in [0.1, 0.15) is 16.7 Å². The number of ether oxygens (including phenoxy) is 1. The van der Waals surface area contributed by atoms with Crippen LogP contribution in [0.4, 0.5) is 0 Å². The molecule has 0 aliphatic heterocycles. The predicted octanol–water partition coefficient (Wildman–Crippen LogP) is 4.95. The van der Waals surface area contributed by atoms with Crippen LogP contribution < -0.4 is 9.54 Å². The molecule has 0 saturated carbocycles. The monoisotopic (exact) mass is 383 g/mol. The molecule has 134 valence electrons. The van der Waals surface area contributed by atoms with Gasteiger partial charge in [-0.15, -0.1) is 22.7 Å². The molecule has 2 aromatic heterocycles. The first-order valence-corrected chi connectivity index (χ1v) is 9.87. The normalized spacial score (nSPS) is 12.0. The quantitative estimate of drug-likeness (QED) is 0.438. The van der Waals surface area contributed by atoms with Crippen LogP contribution in [0.3, 0.4) is 0 Å². The van der Waals surface area contributed by atoms with E-state index in [2.05, 4.69) is 36.0 Å². The summed E-state index contributed by atoms with van der Waals surface area (Å²) in [5.74, 6) is 0.813. The Kier molecular flexibility index (Phi) is 5.85. The second-order valence-corrected chi connectivity index (χ2v) is 8.04. The van der Waals surface area contributed by atoms with Gasteiger partial charge in [-0.25, -0.2) is 4.68 Å². The lowest BCUT2D eigenvalue weighted by Crippen LogP contribution is -2.13. The van der Waals surface area contributed by atoms with Crippen molar-refractivity contribution in [1.82, 2.24) is 4.68 Å². The van der Waals surface area contributed by atoms with Gasteiger partial charge in [0.15, 0.2) is 0 Å². The van der Waals surface area contributed by atoms with Crippen LogP contribution in [-0.2, 0) is 0 Å². The molecule has 4 nitrogen and oxygen atoms in total. The Labute approximate surface area is 161 Å². The maximum Gasteiger partial charge on any atom is 0.206 e. The molecule has 0 aliphatic carbocycles. The largest absolute Gasteiger partial charge is 0.496 e. The number of aryl methyl sites for hydroxylation is 1. The number of aromatic nitrogens is 1. The van der Waals surface area contributed by atoms with Crippen molar-refractivity contribution < 1.29 is 4.74 Å². The fraction of sp³-hybridized carbons (Fsp3) is 0.200. The van der Waals surface area contributed by atoms with Crippen molar-refractivity contribution in [3.05, 3.63) is 68.5 Å². The molecule has 0 bridgehead atoms. The third-order valence-electron chi connectivity index (χ3n) is 3.61. The van der Waals surface area contributed by atoms with Gasteiger partial charge < -0.3 is 4.74 Å². The molecule has 0 saturated heterocycles. The van der Waals surface area contributed by atoms with Crippen molar-refractivity contribution in [2.45, 2.75) is 13.8 Å². The van der Waals surface area contributed by atoms with Crippen LogP contribution in [0.25, 0.3) is 11.3 Å². The molecule has 0 atom stereocenters. The average molecular weight is 384 g/mol. The highest BCUT2D eigenvalue weighted by molar-refractivity contribution is 7.13. The number of thiazole rings is 1. The SMILES string of the molecule is C=C(C)CN=c1scc(-c2ccccc2OC)n1N=Cc1ccc(C)s1. The van der Waals surface area contributed by atoms with Gasteiger partial charge in [-0.2, -0.15) is 5.10 Å². The molecule has 3 rings (SSSR count). The Hall–Kier alpha value is -2.44. The number of para-hydroxylation sites is 1. The summed E-state index contributed by atoms with van der Waals surface area (Å²) < 4.78 is 7.40. The maximum absolute atomic E-state index is 5.53. The summed E-state index contributed by atoms with van der Waals surface area (Å²) in [5, 5.41) is 6.77. The minimum Gasteiger partial charge on any atom is -0.496 e.